The van der Waals surface area contributed by atoms with Crippen LogP contribution in [0.3, 0.4) is 0 Å². The van der Waals surface area contributed by atoms with Crippen LogP contribution < -0.4 is 4.90 Å². The van der Waals surface area contributed by atoms with Gasteiger partial charge in [0.05, 0.1) is 20.6 Å². The number of carbonyl (C=O) groups is 1. The quantitative estimate of drug-likeness (QED) is 0.299. The van der Waals surface area contributed by atoms with E-state index in [1.807, 2.05) is 6.07 Å². The van der Waals surface area contributed by atoms with Gasteiger partial charge in [0.1, 0.15) is 11.5 Å². The van der Waals surface area contributed by atoms with E-state index in [9.17, 15) is 4.79 Å². The average molecular weight is 467 g/mol. The van der Waals surface area contributed by atoms with Gasteiger partial charge in [-0.1, -0.05) is 70.9 Å². The second-order valence-corrected chi connectivity index (χ2v) is 8.70. The van der Waals surface area contributed by atoms with Crippen LogP contribution in [-0.2, 0) is 4.79 Å². The van der Waals surface area contributed by atoms with Crippen molar-refractivity contribution in [1.29, 1.82) is 0 Å². The third-order valence-corrected chi connectivity index (χ3v) is 6.33. The van der Waals surface area contributed by atoms with E-state index >= 15 is 0 Å². The average Bonchev–Trinajstić information content (AvgIpc) is 3.22. The molecule has 0 atom stereocenters. The molecule has 1 fully saturated rings. The molecule has 1 saturated heterocycles. The SMILES string of the molecule is O=C1/C(=C\c2ccc(-c3cccc(Cl)c3Cl)o2)SC(=S)N1c1cccc(Cl)c1. The Bertz CT molecular complexity index is 1140. The molecule has 3 aromatic rings. The van der Waals surface area contributed by atoms with Gasteiger partial charge in [0.15, 0.2) is 4.32 Å². The van der Waals surface area contributed by atoms with Crippen molar-refractivity contribution < 1.29 is 9.21 Å². The molecular formula is C20H10Cl3NO2S2. The molecule has 140 valence electrons. The number of hydrogen-bond acceptors (Lipinski definition) is 4. The van der Waals surface area contributed by atoms with Crippen LogP contribution in [0.5, 0.6) is 0 Å². The Hall–Kier alpha value is -1.76. The number of halogens is 3. The smallest absolute Gasteiger partial charge is 0.270 e. The summed E-state index contributed by atoms with van der Waals surface area (Å²) in [5.74, 6) is 0.845. The van der Waals surface area contributed by atoms with Gasteiger partial charge in [-0.3, -0.25) is 9.69 Å². The van der Waals surface area contributed by atoms with Gasteiger partial charge in [0, 0.05) is 16.7 Å². The number of carbonyl (C=O) groups excluding carboxylic acids is 1. The third-order valence-electron chi connectivity index (χ3n) is 3.98. The Morgan fingerprint density at radius 3 is 2.61 bits per heavy atom. The summed E-state index contributed by atoms with van der Waals surface area (Å²) in [6.45, 7) is 0. The number of furan rings is 1. The first kappa shape index (κ1) is 19.6. The lowest BCUT2D eigenvalue weighted by Gasteiger charge is -2.14. The van der Waals surface area contributed by atoms with Gasteiger partial charge in [0.2, 0.25) is 0 Å². The second kappa shape index (κ2) is 7.93. The number of rotatable bonds is 3. The molecule has 0 saturated carbocycles. The molecule has 2 aromatic carbocycles. The molecule has 1 aliphatic rings. The van der Waals surface area contributed by atoms with E-state index in [2.05, 4.69) is 0 Å². The Kier molecular flexibility index (Phi) is 5.54. The predicted octanol–water partition coefficient (Wildman–Crippen LogP) is 7.31. The predicted molar refractivity (Wildman–Crippen MR) is 121 cm³/mol. The van der Waals surface area contributed by atoms with Crippen molar-refractivity contribution >= 4 is 80.8 Å². The summed E-state index contributed by atoms with van der Waals surface area (Å²) in [4.78, 5) is 14.7. The zero-order valence-electron chi connectivity index (χ0n) is 14.0. The van der Waals surface area contributed by atoms with Gasteiger partial charge in [-0.15, -0.1) is 0 Å². The van der Waals surface area contributed by atoms with Gasteiger partial charge < -0.3 is 4.42 Å². The van der Waals surface area contributed by atoms with Crippen LogP contribution in [-0.4, -0.2) is 10.2 Å². The van der Waals surface area contributed by atoms with E-state index in [4.69, 9.17) is 51.4 Å². The minimum Gasteiger partial charge on any atom is -0.457 e. The molecule has 1 amide bonds. The van der Waals surface area contributed by atoms with Crippen LogP contribution >= 0.6 is 58.8 Å². The van der Waals surface area contributed by atoms with Gasteiger partial charge in [-0.05, 0) is 42.5 Å². The molecule has 0 bridgehead atoms. The number of benzene rings is 2. The van der Waals surface area contributed by atoms with Crippen LogP contribution in [0.25, 0.3) is 17.4 Å². The standard InChI is InChI=1S/C20H10Cl3NO2S2/c21-11-3-1-4-12(9-11)24-19(25)17(28-20(24)27)10-13-7-8-16(26-13)14-5-2-6-15(22)18(14)23/h1-10H/b17-10+. The zero-order chi connectivity index (χ0) is 19.8. The number of hydrogen-bond donors (Lipinski definition) is 0. The molecular weight excluding hydrogens is 457 g/mol. The van der Waals surface area contributed by atoms with Crippen molar-refractivity contribution in [3.63, 3.8) is 0 Å². The van der Waals surface area contributed by atoms with E-state index in [0.29, 0.717) is 47.1 Å². The van der Waals surface area contributed by atoms with E-state index in [0.717, 1.165) is 0 Å². The lowest BCUT2D eigenvalue weighted by atomic mass is 10.2. The summed E-state index contributed by atoms with van der Waals surface area (Å²) in [5, 5.41) is 1.39. The second-order valence-electron chi connectivity index (χ2n) is 5.80. The first-order chi connectivity index (χ1) is 13.4. The highest BCUT2D eigenvalue weighted by molar-refractivity contribution is 8.27. The van der Waals surface area contributed by atoms with E-state index in [1.54, 1.807) is 54.6 Å². The monoisotopic (exact) mass is 465 g/mol. The first-order valence-corrected chi connectivity index (χ1v) is 10.4. The fourth-order valence-electron chi connectivity index (χ4n) is 2.70. The Morgan fingerprint density at radius 1 is 1.04 bits per heavy atom. The number of thiocarbonyl (C=S) groups is 1. The Balaban J connectivity index is 1.64. The van der Waals surface area contributed by atoms with Crippen LogP contribution in [0.4, 0.5) is 5.69 Å². The highest BCUT2D eigenvalue weighted by atomic mass is 35.5. The maximum absolute atomic E-state index is 12.8. The fourth-order valence-corrected chi connectivity index (χ4v) is 4.56. The molecule has 1 aromatic heterocycles. The molecule has 0 unspecified atom stereocenters. The molecule has 4 rings (SSSR count). The van der Waals surface area contributed by atoms with Crippen LogP contribution in [0.2, 0.25) is 15.1 Å². The number of amides is 1. The summed E-state index contributed by atoms with van der Waals surface area (Å²) < 4.78 is 6.28. The summed E-state index contributed by atoms with van der Waals surface area (Å²) in [5.41, 5.74) is 1.31. The molecule has 0 N–H and O–H groups in total. The highest BCUT2D eigenvalue weighted by Gasteiger charge is 2.33. The van der Waals surface area contributed by atoms with E-state index in [-0.39, 0.29) is 5.91 Å². The van der Waals surface area contributed by atoms with Crippen molar-refractivity contribution in [2.75, 3.05) is 4.90 Å². The summed E-state index contributed by atoms with van der Waals surface area (Å²) in [6, 6.07) is 15.8. The number of nitrogens with zero attached hydrogens (tertiary/aromatic N) is 1. The molecule has 0 aliphatic carbocycles. The Labute approximate surface area is 185 Å². The molecule has 8 heteroatoms. The van der Waals surface area contributed by atoms with E-state index < -0.39 is 0 Å². The fraction of sp³-hybridized carbons (Fsp3) is 0. The van der Waals surface area contributed by atoms with Crippen molar-refractivity contribution in [2.45, 2.75) is 0 Å². The normalized spacial score (nSPS) is 15.7. The van der Waals surface area contributed by atoms with Crippen molar-refractivity contribution in [1.82, 2.24) is 0 Å². The van der Waals surface area contributed by atoms with Crippen LogP contribution in [0.1, 0.15) is 5.76 Å². The maximum atomic E-state index is 12.8. The summed E-state index contributed by atoms with van der Waals surface area (Å²) >= 11 is 24.9. The van der Waals surface area contributed by atoms with Gasteiger partial charge in [0.25, 0.3) is 5.91 Å². The minimum atomic E-state index is -0.226. The molecule has 2 heterocycles. The van der Waals surface area contributed by atoms with Gasteiger partial charge >= 0.3 is 0 Å². The summed E-state index contributed by atoms with van der Waals surface area (Å²) in [6.07, 6.45) is 1.66. The number of anilines is 1. The van der Waals surface area contributed by atoms with E-state index in [1.165, 1.54) is 16.7 Å². The minimum absolute atomic E-state index is 0.226. The van der Waals surface area contributed by atoms with Gasteiger partial charge in [-0.2, -0.15) is 0 Å². The highest BCUT2D eigenvalue weighted by Crippen LogP contribution is 2.38. The molecule has 3 nitrogen and oxygen atoms in total. The van der Waals surface area contributed by atoms with Gasteiger partial charge in [-0.25, -0.2) is 0 Å². The summed E-state index contributed by atoms with van der Waals surface area (Å²) in [7, 11) is 0. The third kappa shape index (κ3) is 3.73. The van der Waals surface area contributed by atoms with Crippen molar-refractivity contribution in [3.05, 3.63) is 80.3 Å². The molecule has 1 aliphatic heterocycles. The zero-order valence-corrected chi connectivity index (χ0v) is 17.9. The van der Waals surface area contributed by atoms with Crippen LogP contribution in [0, 0.1) is 0 Å². The number of thioether (sulfide) groups is 1. The topological polar surface area (TPSA) is 33.5 Å². The van der Waals surface area contributed by atoms with Crippen molar-refractivity contribution in [3.8, 4) is 11.3 Å². The first-order valence-electron chi connectivity index (χ1n) is 8.02. The molecule has 0 radical (unpaired) electrons. The van der Waals surface area contributed by atoms with Crippen LogP contribution in [0.15, 0.2) is 63.9 Å². The lowest BCUT2D eigenvalue weighted by Crippen LogP contribution is -2.27. The largest absolute Gasteiger partial charge is 0.457 e. The molecule has 28 heavy (non-hydrogen) atoms. The maximum Gasteiger partial charge on any atom is 0.270 e. The lowest BCUT2D eigenvalue weighted by molar-refractivity contribution is -0.113. The Morgan fingerprint density at radius 2 is 1.82 bits per heavy atom. The molecule has 0 spiro atoms. The van der Waals surface area contributed by atoms with Crippen molar-refractivity contribution in [2.24, 2.45) is 0 Å².